The first-order valence-corrected chi connectivity index (χ1v) is 7.82. The molecule has 110 valence electrons. The van der Waals surface area contributed by atoms with Gasteiger partial charge in [-0.1, -0.05) is 6.07 Å². The van der Waals surface area contributed by atoms with E-state index in [0.29, 0.717) is 12.5 Å². The molecule has 3 rings (SSSR count). The zero-order chi connectivity index (χ0) is 13.9. The highest BCUT2D eigenvalue weighted by Crippen LogP contribution is 2.37. The van der Waals surface area contributed by atoms with E-state index in [2.05, 4.69) is 22.2 Å². The molecule has 0 spiro atoms. The van der Waals surface area contributed by atoms with Crippen molar-refractivity contribution < 1.29 is 4.74 Å². The summed E-state index contributed by atoms with van der Waals surface area (Å²) in [4.78, 5) is 7.06. The lowest BCUT2D eigenvalue weighted by molar-refractivity contribution is 0.139. The van der Waals surface area contributed by atoms with Crippen LogP contribution < -0.4 is 10.1 Å². The van der Waals surface area contributed by atoms with Gasteiger partial charge in [-0.2, -0.15) is 4.98 Å². The molecular formula is C16H25N3O. The molecule has 2 fully saturated rings. The predicted octanol–water partition coefficient (Wildman–Crippen LogP) is 2.77. The number of ether oxygens (including phenoxy) is 1. The van der Waals surface area contributed by atoms with Gasteiger partial charge in [-0.3, -0.25) is 0 Å². The molecule has 2 saturated heterocycles. The SMILES string of the molecule is CCOc1cccc(NCC2CC3CCC(C2)N3C)n1. The Morgan fingerprint density at radius 3 is 2.75 bits per heavy atom. The van der Waals surface area contributed by atoms with Crippen molar-refractivity contribution in [2.24, 2.45) is 5.92 Å². The Kier molecular flexibility index (Phi) is 4.10. The van der Waals surface area contributed by atoms with Crippen LogP contribution in [0.5, 0.6) is 5.88 Å². The molecule has 2 unspecified atom stereocenters. The largest absolute Gasteiger partial charge is 0.478 e. The van der Waals surface area contributed by atoms with Gasteiger partial charge in [-0.15, -0.1) is 0 Å². The molecule has 0 amide bonds. The molecule has 0 radical (unpaired) electrons. The summed E-state index contributed by atoms with van der Waals surface area (Å²) in [5, 5.41) is 3.49. The first kappa shape index (κ1) is 13.7. The number of nitrogens with zero attached hydrogens (tertiary/aromatic N) is 2. The number of anilines is 1. The van der Waals surface area contributed by atoms with Gasteiger partial charge in [-0.25, -0.2) is 0 Å². The third kappa shape index (κ3) is 2.90. The molecule has 0 aliphatic carbocycles. The van der Waals surface area contributed by atoms with Crippen molar-refractivity contribution in [1.82, 2.24) is 9.88 Å². The molecular weight excluding hydrogens is 250 g/mol. The molecule has 2 bridgehead atoms. The Morgan fingerprint density at radius 1 is 1.30 bits per heavy atom. The number of hydrogen-bond acceptors (Lipinski definition) is 4. The minimum atomic E-state index is 0.661. The summed E-state index contributed by atoms with van der Waals surface area (Å²) >= 11 is 0. The number of piperidine rings is 1. The Hall–Kier alpha value is -1.29. The second-order valence-corrected chi connectivity index (χ2v) is 6.06. The summed E-state index contributed by atoms with van der Waals surface area (Å²) < 4.78 is 5.44. The van der Waals surface area contributed by atoms with Crippen LogP contribution in [0.3, 0.4) is 0 Å². The summed E-state index contributed by atoms with van der Waals surface area (Å²) in [5.74, 6) is 2.42. The maximum absolute atomic E-state index is 5.44. The van der Waals surface area contributed by atoms with E-state index in [9.17, 15) is 0 Å². The van der Waals surface area contributed by atoms with Crippen molar-refractivity contribution in [2.45, 2.75) is 44.7 Å². The van der Waals surface area contributed by atoms with E-state index in [-0.39, 0.29) is 0 Å². The lowest BCUT2D eigenvalue weighted by atomic mass is 9.91. The van der Waals surface area contributed by atoms with Crippen molar-refractivity contribution in [3.8, 4) is 5.88 Å². The summed E-state index contributed by atoms with van der Waals surface area (Å²) in [6.07, 6.45) is 5.42. The van der Waals surface area contributed by atoms with E-state index < -0.39 is 0 Å². The second kappa shape index (κ2) is 6.00. The predicted molar refractivity (Wildman–Crippen MR) is 81.2 cm³/mol. The van der Waals surface area contributed by atoms with E-state index in [1.54, 1.807) is 0 Å². The van der Waals surface area contributed by atoms with Crippen LogP contribution >= 0.6 is 0 Å². The molecule has 2 aliphatic rings. The number of aromatic nitrogens is 1. The molecule has 0 aromatic carbocycles. The summed E-state index contributed by atoms with van der Waals surface area (Å²) in [6.45, 7) is 3.67. The lowest BCUT2D eigenvalue weighted by Gasteiger charge is -2.36. The third-order valence-corrected chi connectivity index (χ3v) is 4.78. The maximum atomic E-state index is 5.44. The van der Waals surface area contributed by atoms with Gasteiger partial charge in [0.2, 0.25) is 5.88 Å². The smallest absolute Gasteiger partial charge is 0.215 e. The minimum Gasteiger partial charge on any atom is -0.478 e. The number of hydrogen-bond donors (Lipinski definition) is 1. The topological polar surface area (TPSA) is 37.4 Å². The summed E-state index contributed by atoms with van der Waals surface area (Å²) in [7, 11) is 2.29. The van der Waals surface area contributed by atoms with Crippen LogP contribution in [0.2, 0.25) is 0 Å². The average molecular weight is 275 g/mol. The van der Waals surface area contributed by atoms with Crippen LogP contribution in [0.1, 0.15) is 32.6 Å². The van der Waals surface area contributed by atoms with Gasteiger partial charge in [0.15, 0.2) is 0 Å². The van der Waals surface area contributed by atoms with Crippen LogP contribution in [-0.4, -0.2) is 42.2 Å². The quantitative estimate of drug-likeness (QED) is 0.896. The van der Waals surface area contributed by atoms with Crippen molar-refractivity contribution >= 4 is 5.82 Å². The highest BCUT2D eigenvalue weighted by atomic mass is 16.5. The van der Waals surface area contributed by atoms with Crippen molar-refractivity contribution in [3.05, 3.63) is 18.2 Å². The van der Waals surface area contributed by atoms with E-state index in [1.165, 1.54) is 25.7 Å². The number of nitrogens with one attached hydrogen (secondary N) is 1. The lowest BCUT2D eigenvalue weighted by Crippen LogP contribution is -2.41. The fraction of sp³-hybridized carbons (Fsp3) is 0.688. The molecule has 1 aromatic heterocycles. The Morgan fingerprint density at radius 2 is 2.05 bits per heavy atom. The number of pyridine rings is 1. The molecule has 4 nitrogen and oxygen atoms in total. The standard InChI is InChI=1S/C16H25N3O/c1-3-20-16-6-4-5-15(18-16)17-11-12-9-13-7-8-14(10-12)19(13)2/h4-6,12-14H,3,7-11H2,1-2H3,(H,17,18). The fourth-order valence-corrected chi connectivity index (χ4v) is 3.68. The Bertz CT molecular complexity index is 437. The van der Waals surface area contributed by atoms with Crippen molar-refractivity contribution in [1.29, 1.82) is 0 Å². The Balaban J connectivity index is 1.53. The minimum absolute atomic E-state index is 0.661. The van der Waals surface area contributed by atoms with Gasteiger partial charge in [0, 0.05) is 24.7 Å². The van der Waals surface area contributed by atoms with Crippen LogP contribution in [0.25, 0.3) is 0 Å². The van der Waals surface area contributed by atoms with Crippen molar-refractivity contribution in [3.63, 3.8) is 0 Å². The van der Waals surface area contributed by atoms with E-state index in [0.717, 1.165) is 30.4 Å². The second-order valence-electron chi connectivity index (χ2n) is 6.06. The van der Waals surface area contributed by atoms with E-state index >= 15 is 0 Å². The number of fused-ring (bicyclic) bond motifs is 2. The maximum Gasteiger partial charge on any atom is 0.215 e. The van der Waals surface area contributed by atoms with Crippen molar-refractivity contribution in [2.75, 3.05) is 25.5 Å². The normalized spacial score (nSPS) is 29.4. The van der Waals surface area contributed by atoms with E-state index in [4.69, 9.17) is 4.74 Å². The van der Waals surface area contributed by atoms with Crippen LogP contribution in [0.15, 0.2) is 18.2 Å². The molecule has 1 N–H and O–H groups in total. The molecule has 2 aliphatic heterocycles. The zero-order valence-electron chi connectivity index (χ0n) is 12.5. The van der Waals surface area contributed by atoms with Gasteiger partial charge in [0.25, 0.3) is 0 Å². The van der Waals surface area contributed by atoms with Gasteiger partial charge >= 0.3 is 0 Å². The Labute approximate surface area is 121 Å². The molecule has 3 heterocycles. The zero-order valence-corrected chi connectivity index (χ0v) is 12.5. The summed E-state index contributed by atoms with van der Waals surface area (Å²) in [5.41, 5.74) is 0. The highest BCUT2D eigenvalue weighted by molar-refractivity contribution is 5.37. The molecule has 0 saturated carbocycles. The van der Waals surface area contributed by atoms with Gasteiger partial charge < -0.3 is 15.0 Å². The van der Waals surface area contributed by atoms with Crippen LogP contribution in [-0.2, 0) is 0 Å². The summed E-state index contributed by atoms with van der Waals surface area (Å²) in [6, 6.07) is 7.54. The molecule has 1 aromatic rings. The average Bonchev–Trinajstić information content (AvgIpc) is 2.68. The van der Waals surface area contributed by atoms with Gasteiger partial charge in [-0.05, 0) is 51.6 Å². The highest BCUT2D eigenvalue weighted by Gasteiger charge is 2.38. The fourth-order valence-electron chi connectivity index (χ4n) is 3.68. The van der Waals surface area contributed by atoms with E-state index in [1.807, 2.05) is 25.1 Å². The van der Waals surface area contributed by atoms with Crippen LogP contribution in [0, 0.1) is 5.92 Å². The molecule has 4 heteroatoms. The molecule has 2 atom stereocenters. The number of rotatable bonds is 5. The van der Waals surface area contributed by atoms with Gasteiger partial charge in [0.1, 0.15) is 5.82 Å². The first-order chi connectivity index (χ1) is 9.76. The molecule has 20 heavy (non-hydrogen) atoms. The third-order valence-electron chi connectivity index (χ3n) is 4.78. The monoisotopic (exact) mass is 275 g/mol. The van der Waals surface area contributed by atoms with Gasteiger partial charge in [0.05, 0.1) is 6.61 Å². The first-order valence-electron chi connectivity index (χ1n) is 7.82. The van der Waals surface area contributed by atoms with Crippen LogP contribution in [0.4, 0.5) is 5.82 Å².